The number of halogens is 1. The topological polar surface area (TPSA) is 18.8 Å². The molecule has 1 fully saturated rings. The average Bonchev–Trinajstić information content (AvgIpc) is 3.08. The van der Waals surface area contributed by atoms with Crippen molar-refractivity contribution in [2.75, 3.05) is 25.0 Å². The van der Waals surface area contributed by atoms with Gasteiger partial charge in [-0.25, -0.2) is 4.99 Å². The number of anilines is 1. The van der Waals surface area contributed by atoms with E-state index < -0.39 is 0 Å². The number of hydrogen-bond donors (Lipinski definition) is 0. The van der Waals surface area contributed by atoms with Crippen LogP contribution in [0.15, 0.2) is 59.6 Å². The maximum Gasteiger partial charge on any atom is 0.206 e. The molecule has 0 N–H and O–H groups in total. The van der Waals surface area contributed by atoms with Crippen LogP contribution in [0.1, 0.15) is 12.8 Å². The normalized spacial score (nSPS) is 15.2. The van der Waals surface area contributed by atoms with Gasteiger partial charge >= 0.3 is 0 Å². The molecule has 0 amide bonds. The Morgan fingerprint density at radius 2 is 1.64 bits per heavy atom. The third kappa shape index (κ3) is 3.42. The van der Waals surface area contributed by atoms with E-state index in [1.165, 1.54) is 12.8 Å². The first kappa shape index (κ1) is 14.9. The predicted octanol–water partition coefficient (Wildman–Crippen LogP) is 4.56. The van der Waals surface area contributed by atoms with Crippen LogP contribution in [0.4, 0.5) is 11.4 Å². The third-order valence-electron chi connectivity index (χ3n) is 3.89. The maximum atomic E-state index is 5.99. The van der Waals surface area contributed by atoms with Gasteiger partial charge < -0.3 is 9.80 Å². The molecule has 1 saturated heterocycles. The first-order valence-corrected chi connectivity index (χ1v) is 8.00. The van der Waals surface area contributed by atoms with E-state index in [2.05, 4.69) is 16.8 Å². The van der Waals surface area contributed by atoms with Crippen LogP contribution < -0.4 is 4.90 Å². The summed E-state index contributed by atoms with van der Waals surface area (Å²) in [4.78, 5) is 9.36. The highest BCUT2D eigenvalue weighted by Gasteiger charge is 2.20. The van der Waals surface area contributed by atoms with E-state index in [1.54, 1.807) is 0 Å². The number of guanidine groups is 1. The summed E-state index contributed by atoms with van der Waals surface area (Å²) in [6, 6.07) is 18.0. The standard InChI is InChI=1S/C18H20ClN3/c1-21(17-11-9-15(19)10-12-17)18(22-13-5-6-14-22)20-16-7-3-2-4-8-16/h2-4,7-12H,5-6,13-14H2,1H3. The molecule has 2 aromatic carbocycles. The van der Waals surface area contributed by atoms with E-state index in [-0.39, 0.29) is 0 Å². The van der Waals surface area contributed by atoms with Crippen LogP contribution in [-0.2, 0) is 0 Å². The summed E-state index contributed by atoms with van der Waals surface area (Å²) in [5.41, 5.74) is 2.07. The molecule has 4 heteroatoms. The van der Waals surface area contributed by atoms with Crippen LogP contribution in [-0.4, -0.2) is 31.0 Å². The van der Waals surface area contributed by atoms with Crippen molar-refractivity contribution >= 4 is 28.9 Å². The van der Waals surface area contributed by atoms with Gasteiger partial charge in [0.25, 0.3) is 0 Å². The summed E-state index contributed by atoms with van der Waals surface area (Å²) >= 11 is 5.99. The third-order valence-corrected chi connectivity index (χ3v) is 4.14. The number of benzene rings is 2. The molecule has 1 heterocycles. The molecule has 0 saturated carbocycles. The van der Waals surface area contributed by atoms with Gasteiger partial charge in [-0.15, -0.1) is 0 Å². The van der Waals surface area contributed by atoms with Crippen molar-refractivity contribution < 1.29 is 0 Å². The summed E-state index contributed by atoms with van der Waals surface area (Å²) < 4.78 is 0. The summed E-state index contributed by atoms with van der Waals surface area (Å²) in [6.45, 7) is 2.12. The minimum atomic E-state index is 0.750. The van der Waals surface area contributed by atoms with E-state index in [0.29, 0.717) is 0 Å². The largest absolute Gasteiger partial charge is 0.342 e. The molecule has 0 aromatic heterocycles. The average molecular weight is 314 g/mol. The van der Waals surface area contributed by atoms with Gasteiger partial charge in [-0.2, -0.15) is 0 Å². The van der Waals surface area contributed by atoms with Crippen molar-refractivity contribution in [3.8, 4) is 0 Å². The lowest BCUT2D eigenvalue weighted by molar-refractivity contribution is 0.510. The van der Waals surface area contributed by atoms with Crippen LogP contribution in [0.3, 0.4) is 0 Å². The van der Waals surface area contributed by atoms with Crippen LogP contribution in [0, 0.1) is 0 Å². The lowest BCUT2D eigenvalue weighted by Crippen LogP contribution is -2.40. The first-order chi connectivity index (χ1) is 10.7. The second-order valence-electron chi connectivity index (χ2n) is 5.48. The second kappa shape index (κ2) is 6.84. The van der Waals surface area contributed by atoms with Gasteiger partial charge in [-0.05, 0) is 49.2 Å². The van der Waals surface area contributed by atoms with E-state index in [9.17, 15) is 0 Å². The summed E-state index contributed by atoms with van der Waals surface area (Å²) in [6.07, 6.45) is 2.45. The molecular formula is C18H20ClN3. The number of nitrogens with zero attached hydrogens (tertiary/aromatic N) is 3. The molecule has 0 atom stereocenters. The van der Waals surface area contributed by atoms with Crippen LogP contribution >= 0.6 is 11.6 Å². The van der Waals surface area contributed by atoms with Crippen LogP contribution in [0.2, 0.25) is 5.02 Å². The lowest BCUT2D eigenvalue weighted by Gasteiger charge is -2.29. The minimum Gasteiger partial charge on any atom is -0.342 e. The molecule has 0 aliphatic carbocycles. The van der Waals surface area contributed by atoms with Crippen molar-refractivity contribution in [2.24, 2.45) is 4.99 Å². The van der Waals surface area contributed by atoms with Gasteiger partial charge in [0.2, 0.25) is 5.96 Å². The SMILES string of the molecule is CN(C(=Nc1ccccc1)N1CCCC1)c1ccc(Cl)cc1. The molecule has 1 aliphatic heterocycles. The highest BCUT2D eigenvalue weighted by molar-refractivity contribution is 6.30. The second-order valence-corrected chi connectivity index (χ2v) is 5.91. The number of likely N-dealkylation sites (tertiary alicyclic amines) is 1. The fourth-order valence-corrected chi connectivity index (χ4v) is 2.80. The van der Waals surface area contributed by atoms with Crippen molar-refractivity contribution in [3.63, 3.8) is 0 Å². The lowest BCUT2D eigenvalue weighted by atomic mass is 10.3. The number of para-hydroxylation sites is 1. The van der Waals surface area contributed by atoms with E-state index in [1.807, 2.05) is 54.6 Å². The minimum absolute atomic E-state index is 0.750. The van der Waals surface area contributed by atoms with E-state index in [0.717, 1.165) is 35.4 Å². The van der Waals surface area contributed by atoms with Gasteiger partial charge in [-0.3, -0.25) is 0 Å². The quantitative estimate of drug-likeness (QED) is 0.598. The zero-order valence-corrected chi connectivity index (χ0v) is 13.5. The molecule has 22 heavy (non-hydrogen) atoms. The highest BCUT2D eigenvalue weighted by Crippen LogP contribution is 2.22. The van der Waals surface area contributed by atoms with Gasteiger partial charge in [0.15, 0.2) is 0 Å². The Kier molecular flexibility index (Phi) is 4.64. The number of hydrogen-bond acceptors (Lipinski definition) is 1. The molecule has 0 unspecified atom stereocenters. The summed E-state index contributed by atoms with van der Waals surface area (Å²) in [7, 11) is 2.06. The molecule has 1 aliphatic rings. The molecule has 3 rings (SSSR count). The maximum absolute atomic E-state index is 5.99. The van der Waals surface area contributed by atoms with Gasteiger partial charge in [0, 0.05) is 30.8 Å². The van der Waals surface area contributed by atoms with E-state index in [4.69, 9.17) is 16.6 Å². The number of aliphatic imine (C=N–C) groups is 1. The van der Waals surface area contributed by atoms with Gasteiger partial charge in [0.05, 0.1) is 5.69 Å². The Balaban J connectivity index is 1.94. The molecule has 2 aromatic rings. The van der Waals surface area contributed by atoms with Gasteiger partial charge in [-0.1, -0.05) is 29.8 Å². The van der Waals surface area contributed by atoms with Crippen molar-refractivity contribution in [1.82, 2.24) is 4.90 Å². The van der Waals surface area contributed by atoms with Crippen molar-refractivity contribution in [2.45, 2.75) is 12.8 Å². The highest BCUT2D eigenvalue weighted by atomic mass is 35.5. The van der Waals surface area contributed by atoms with Crippen LogP contribution in [0.25, 0.3) is 0 Å². The Morgan fingerprint density at radius 3 is 2.27 bits per heavy atom. The molecule has 3 nitrogen and oxygen atoms in total. The molecule has 0 radical (unpaired) electrons. The Morgan fingerprint density at radius 1 is 1.00 bits per heavy atom. The van der Waals surface area contributed by atoms with Crippen LogP contribution in [0.5, 0.6) is 0 Å². The Bertz CT molecular complexity index is 631. The van der Waals surface area contributed by atoms with Crippen molar-refractivity contribution in [1.29, 1.82) is 0 Å². The molecule has 0 spiro atoms. The monoisotopic (exact) mass is 313 g/mol. The predicted molar refractivity (Wildman–Crippen MR) is 94.2 cm³/mol. The molecule has 114 valence electrons. The smallest absolute Gasteiger partial charge is 0.206 e. The van der Waals surface area contributed by atoms with Crippen molar-refractivity contribution in [3.05, 3.63) is 59.6 Å². The Labute approximate surface area is 136 Å². The number of rotatable bonds is 2. The molecule has 0 bridgehead atoms. The summed E-state index contributed by atoms with van der Waals surface area (Å²) in [5, 5.41) is 0.750. The fraction of sp³-hybridized carbons (Fsp3) is 0.278. The zero-order chi connectivity index (χ0) is 15.4. The molecular weight excluding hydrogens is 294 g/mol. The fourth-order valence-electron chi connectivity index (χ4n) is 2.67. The Hall–Kier alpha value is -2.00. The summed E-state index contributed by atoms with van der Waals surface area (Å²) in [5.74, 6) is 0.992. The first-order valence-electron chi connectivity index (χ1n) is 7.62. The van der Waals surface area contributed by atoms with E-state index >= 15 is 0 Å². The van der Waals surface area contributed by atoms with Gasteiger partial charge in [0.1, 0.15) is 0 Å². The zero-order valence-electron chi connectivity index (χ0n) is 12.7.